The molecule has 1 aromatic heterocycles. The van der Waals surface area contributed by atoms with Gasteiger partial charge in [0.1, 0.15) is 12.1 Å². The summed E-state index contributed by atoms with van der Waals surface area (Å²) in [5.74, 6) is -0.291. The Bertz CT molecular complexity index is 670. The average Bonchev–Trinajstić information content (AvgIpc) is 2.91. The molecule has 0 aliphatic carbocycles. The number of amides is 1. The van der Waals surface area contributed by atoms with E-state index in [0.29, 0.717) is 16.8 Å². The number of aryl methyl sites for hydroxylation is 1. The Hall–Kier alpha value is -2.65. The van der Waals surface area contributed by atoms with Crippen molar-refractivity contribution in [3.05, 3.63) is 47.8 Å². The van der Waals surface area contributed by atoms with E-state index in [0.717, 1.165) is 0 Å². The van der Waals surface area contributed by atoms with Gasteiger partial charge in [0.2, 0.25) is 5.91 Å². The van der Waals surface area contributed by atoms with Gasteiger partial charge in [-0.1, -0.05) is 12.1 Å². The summed E-state index contributed by atoms with van der Waals surface area (Å²) in [7, 11) is 3.37. The summed E-state index contributed by atoms with van der Waals surface area (Å²) in [6.07, 6.45) is 3.26. The Morgan fingerprint density at radius 2 is 2.20 bits per heavy atom. The second kappa shape index (κ2) is 5.55. The fraction of sp³-hybridized carbons (Fsp3) is 0.214. The number of nitrogens with two attached hydrogens (primary N) is 1. The Morgan fingerprint density at radius 3 is 2.80 bits per heavy atom. The van der Waals surface area contributed by atoms with E-state index in [1.807, 2.05) is 0 Å². The molecule has 0 aliphatic rings. The van der Waals surface area contributed by atoms with Gasteiger partial charge in [0.05, 0.1) is 17.4 Å². The third kappa shape index (κ3) is 2.53. The number of aromatic nitrogens is 2. The minimum Gasteiger partial charge on any atom is -0.316 e. The zero-order chi connectivity index (χ0) is 14.7. The summed E-state index contributed by atoms with van der Waals surface area (Å²) in [6, 6.07) is 8.16. The first-order valence-corrected chi connectivity index (χ1v) is 6.05. The maximum Gasteiger partial charge on any atom is 0.248 e. The molecule has 0 saturated carbocycles. The lowest BCUT2D eigenvalue weighted by Crippen LogP contribution is -2.36. The van der Waals surface area contributed by atoms with Gasteiger partial charge in [-0.05, 0) is 12.1 Å². The summed E-state index contributed by atoms with van der Waals surface area (Å²) in [5.41, 5.74) is 7.57. The highest BCUT2D eigenvalue weighted by Gasteiger charge is 2.23. The van der Waals surface area contributed by atoms with Gasteiger partial charge < -0.3 is 10.6 Å². The van der Waals surface area contributed by atoms with Crippen LogP contribution in [0.3, 0.4) is 0 Å². The van der Waals surface area contributed by atoms with E-state index < -0.39 is 6.04 Å². The second-order valence-corrected chi connectivity index (χ2v) is 4.45. The minimum atomic E-state index is -0.805. The van der Waals surface area contributed by atoms with E-state index in [1.54, 1.807) is 55.4 Å². The van der Waals surface area contributed by atoms with Crippen molar-refractivity contribution in [3.63, 3.8) is 0 Å². The summed E-state index contributed by atoms with van der Waals surface area (Å²) in [4.78, 5) is 13.8. The Balaban J connectivity index is 2.27. The number of nitriles is 1. The number of para-hydroxylation sites is 1. The third-order valence-electron chi connectivity index (χ3n) is 3.07. The second-order valence-electron chi connectivity index (χ2n) is 4.45. The van der Waals surface area contributed by atoms with Crippen LogP contribution in [0.1, 0.15) is 17.2 Å². The van der Waals surface area contributed by atoms with Crippen molar-refractivity contribution in [2.24, 2.45) is 12.8 Å². The van der Waals surface area contributed by atoms with Crippen LogP contribution >= 0.6 is 0 Å². The monoisotopic (exact) mass is 269 g/mol. The maximum atomic E-state index is 12.4. The highest BCUT2D eigenvalue weighted by atomic mass is 16.2. The number of nitrogens with zero attached hydrogens (tertiary/aromatic N) is 4. The number of anilines is 1. The van der Waals surface area contributed by atoms with Gasteiger partial charge in [-0.2, -0.15) is 10.4 Å². The molecule has 6 nitrogen and oxygen atoms in total. The summed E-state index contributed by atoms with van der Waals surface area (Å²) < 4.78 is 1.59. The lowest BCUT2D eigenvalue weighted by molar-refractivity contribution is -0.119. The molecule has 20 heavy (non-hydrogen) atoms. The summed E-state index contributed by atoms with van der Waals surface area (Å²) >= 11 is 0. The number of likely N-dealkylation sites (N-methyl/N-ethyl adjacent to an activating group) is 1. The number of carbonyl (C=O) groups is 1. The highest BCUT2D eigenvalue weighted by molar-refractivity contribution is 5.98. The molecule has 2 aromatic rings. The molecule has 0 spiro atoms. The molecule has 0 fully saturated rings. The number of hydrogen-bond donors (Lipinski definition) is 1. The SMILES string of the molecule is CN(C(=O)C(N)c1cnn(C)c1)c1ccccc1C#N. The Labute approximate surface area is 117 Å². The van der Waals surface area contributed by atoms with Crippen LogP contribution in [0.4, 0.5) is 5.69 Å². The van der Waals surface area contributed by atoms with E-state index in [2.05, 4.69) is 11.2 Å². The van der Waals surface area contributed by atoms with Gasteiger partial charge in [-0.25, -0.2) is 0 Å². The van der Waals surface area contributed by atoms with Crippen molar-refractivity contribution < 1.29 is 4.79 Å². The van der Waals surface area contributed by atoms with Gasteiger partial charge in [-0.15, -0.1) is 0 Å². The number of rotatable bonds is 3. The quantitative estimate of drug-likeness (QED) is 0.898. The van der Waals surface area contributed by atoms with E-state index in [1.165, 1.54) is 4.90 Å². The molecule has 1 amide bonds. The maximum absolute atomic E-state index is 12.4. The van der Waals surface area contributed by atoms with Crippen LogP contribution in [0.15, 0.2) is 36.7 Å². The molecule has 0 aliphatic heterocycles. The molecule has 1 aromatic carbocycles. The van der Waals surface area contributed by atoms with Gasteiger partial charge in [0, 0.05) is 25.9 Å². The standard InChI is InChI=1S/C14H15N5O/c1-18-9-11(8-17-18)13(16)14(20)19(2)12-6-4-3-5-10(12)7-15/h3-6,8-9,13H,16H2,1-2H3. The molecule has 2 rings (SSSR count). The van der Waals surface area contributed by atoms with Crippen LogP contribution in [0.5, 0.6) is 0 Å². The number of hydrogen-bond acceptors (Lipinski definition) is 4. The topological polar surface area (TPSA) is 87.9 Å². The van der Waals surface area contributed by atoms with Crippen LogP contribution in [-0.4, -0.2) is 22.7 Å². The van der Waals surface area contributed by atoms with Crippen LogP contribution in [0, 0.1) is 11.3 Å². The molecule has 102 valence electrons. The third-order valence-corrected chi connectivity index (χ3v) is 3.07. The smallest absolute Gasteiger partial charge is 0.248 e. The average molecular weight is 269 g/mol. The van der Waals surface area contributed by atoms with Gasteiger partial charge in [-0.3, -0.25) is 9.48 Å². The fourth-order valence-electron chi connectivity index (χ4n) is 1.93. The number of carbonyl (C=O) groups excluding carboxylic acids is 1. The van der Waals surface area contributed by atoms with Crippen molar-refractivity contribution in [2.45, 2.75) is 6.04 Å². The fourth-order valence-corrected chi connectivity index (χ4v) is 1.93. The normalized spacial score (nSPS) is 11.7. The predicted octanol–water partition coefficient (Wildman–Crippen LogP) is 0.955. The van der Waals surface area contributed by atoms with E-state index in [9.17, 15) is 4.79 Å². The van der Waals surface area contributed by atoms with Crippen molar-refractivity contribution >= 4 is 11.6 Å². The molecule has 2 N–H and O–H groups in total. The molecule has 6 heteroatoms. The summed E-state index contributed by atoms with van der Waals surface area (Å²) in [5, 5.41) is 13.1. The lowest BCUT2D eigenvalue weighted by Gasteiger charge is -2.21. The molecular formula is C14H15N5O. The van der Waals surface area contributed by atoms with Crippen molar-refractivity contribution in [2.75, 3.05) is 11.9 Å². The van der Waals surface area contributed by atoms with Gasteiger partial charge >= 0.3 is 0 Å². The van der Waals surface area contributed by atoms with Gasteiger partial charge in [0.25, 0.3) is 0 Å². The molecule has 0 bridgehead atoms. The number of benzene rings is 1. The van der Waals surface area contributed by atoms with Crippen LogP contribution in [0.25, 0.3) is 0 Å². The van der Waals surface area contributed by atoms with Crippen LogP contribution in [-0.2, 0) is 11.8 Å². The molecule has 0 radical (unpaired) electrons. The predicted molar refractivity (Wildman–Crippen MR) is 74.7 cm³/mol. The summed E-state index contributed by atoms with van der Waals surface area (Å²) in [6.45, 7) is 0. The zero-order valence-corrected chi connectivity index (χ0v) is 11.3. The first kappa shape index (κ1) is 13.8. The van der Waals surface area contributed by atoms with Crippen molar-refractivity contribution in [3.8, 4) is 6.07 Å². The van der Waals surface area contributed by atoms with Gasteiger partial charge in [0.15, 0.2) is 0 Å². The largest absolute Gasteiger partial charge is 0.316 e. The van der Waals surface area contributed by atoms with Crippen LogP contribution < -0.4 is 10.6 Å². The van der Waals surface area contributed by atoms with E-state index in [-0.39, 0.29) is 5.91 Å². The Kier molecular flexibility index (Phi) is 3.82. The minimum absolute atomic E-state index is 0.291. The van der Waals surface area contributed by atoms with Crippen molar-refractivity contribution in [1.29, 1.82) is 5.26 Å². The lowest BCUT2D eigenvalue weighted by atomic mass is 10.1. The Morgan fingerprint density at radius 1 is 1.50 bits per heavy atom. The van der Waals surface area contributed by atoms with Crippen LogP contribution in [0.2, 0.25) is 0 Å². The first-order chi connectivity index (χ1) is 9.54. The molecule has 1 unspecified atom stereocenters. The first-order valence-electron chi connectivity index (χ1n) is 6.05. The molecule has 0 saturated heterocycles. The zero-order valence-electron chi connectivity index (χ0n) is 11.3. The highest BCUT2D eigenvalue weighted by Crippen LogP contribution is 2.21. The van der Waals surface area contributed by atoms with E-state index in [4.69, 9.17) is 11.0 Å². The van der Waals surface area contributed by atoms with E-state index >= 15 is 0 Å². The molecule has 1 atom stereocenters. The van der Waals surface area contributed by atoms with Crippen molar-refractivity contribution in [1.82, 2.24) is 9.78 Å². The molecular weight excluding hydrogens is 254 g/mol. The molecule has 1 heterocycles.